The minimum absolute atomic E-state index is 0.507. The molecule has 0 radical (unpaired) electrons. The number of nitrogens with one attached hydrogen (secondary N) is 1. The molecule has 0 bridgehead atoms. The van der Waals surface area contributed by atoms with Gasteiger partial charge in [0.25, 0.3) is 0 Å². The molecule has 0 aliphatic heterocycles. The lowest BCUT2D eigenvalue weighted by Gasteiger charge is -2.02. The summed E-state index contributed by atoms with van der Waals surface area (Å²) in [5, 5.41) is 7.26. The van der Waals surface area contributed by atoms with Gasteiger partial charge in [0.2, 0.25) is 11.7 Å². The predicted molar refractivity (Wildman–Crippen MR) is 85.9 cm³/mol. The van der Waals surface area contributed by atoms with Gasteiger partial charge in [-0.15, -0.1) is 0 Å². The van der Waals surface area contributed by atoms with E-state index in [1.54, 1.807) is 0 Å². The van der Waals surface area contributed by atoms with E-state index in [9.17, 15) is 0 Å². The Balaban J connectivity index is 1.67. The van der Waals surface area contributed by atoms with Crippen molar-refractivity contribution in [3.8, 4) is 11.4 Å². The molecule has 1 aromatic heterocycles. The van der Waals surface area contributed by atoms with Crippen LogP contribution >= 0.6 is 15.9 Å². The largest absolute Gasteiger partial charge is 0.376 e. The van der Waals surface area contributed by atoms with Crippen LogP contribution in [0.2, 0.25) is 0 Å². The van der Waals surface area contributed by atoms with Crippen LogP contribution in [0.25, 0.3) is 11.4 Å². The molecule has 1 heterocycles. The van der Waals surface area contributed by atoms with E-state index in [1.165, 1.54) is 5.56 Å². The summed E-state index contributed by atoms with van der Waals surface area (Å²) in [4.78, 5) is 4.39. The quantitative estimate of drug-likeness (QED) is 0.761. The zero-order valence-corrected chi connectivity index (χ0v) is 13.1. The molecule has 4 nitrogen and oxygen atoms in total. The predicted octanol–water partition coefficient (Wildman–Crippen LogP) is 4.42. The summed E-state index contributed by atoms with van der Waals surface area (Å²) in [6.07, 6.45) is 0. The molecule has 1 N–H and O–H groups in total. The number of aryl methyl sites for hydroxylation is 1. The van der Waals surface area contributed by atoms with Crippen LogP contribution in [0.5, 0.6) is 0 Å². The van der Waals surface area contributed by atoms with Crippen molar-refractivity contribution in [3.05, 3.63) is 64.5 Å². The highest BCUT2D eigenvalue weighted by Gasteiger charge is 2.08. The van der Waals surface area contributed by atoms with Gasteiger partial charge in [-0.1, -0.05) is 38.8 Å². The number of rotatable bonds is 4. The summed E-state index contributed by atoms with van der Waals surface area (Å²) in [5.41, 5.74) is 3.20. The minimum atomic E-state index is 0.507. The lowest BCUT2D eigenvalue weighted by Crippen LogP contribution is -1.99. The van der Waals surface area contributed by atoms with Crippen LogP contribution in [0.4, 0.5) is 5.69 Å². The number of halogens is 1. The first kappa shape index (κ1) is 13.8. The normalized spacial score (nSPS) is 10.6. The fourth-order valence-electron chi connectivity index (χ4n) is 1.89. The van der Waals surface area contributed by atoms with E-state index in [0.29, 0.717) is 18.3 Å². The van der Waals surface area contributed by atoms with E-state index in [1.807, 2.05) is 36.4 Å². The maximum absolute atomic E-state index is 5.26. The highest BCUT2D eigenvalue weighted by atomic mass is 79.9. The minimum Gasteiger partial charge on any atom is -0.376 e. The molecule has 0 spiro atoms. The third kappa shape index (κ3) is 3.49. The van der Waals surface area contributed by atoms with Gasteiger partial charge >= 0.3 is 0 Å². The van der Waals surface area contributed by atoms with Crippen LogP contribution in [-0.2, 0) is 6.54 Å². The maximum atomic E-state index is 5.26. The van der Waals surface area contributed by atoms with E-state index >= 15 is 0 Å². The molecular formula is C16H14BrN3O. The molecule has 3 aromatic rings. The number of hydrogen-bond acceptors (Lipinski definition) is 4. The molecule has 0 aliphatic carbocycles. The van der Waals surface area contributed by atoms with Gasteiger partial charge in [-0.25, -0.2) is 0 Å². The Morgan fingerprint density at radius 3 is 2.48 bits per heavy atom. The molecule has 0 atom stereocenters. The summed E-state index contributed by atoms with van der Waals surface area (Å²) < 4.78 is 6.28. The molecule has 0 saturated carbocycles. The summed E-state index contributed by atoms with van der Waals surface area (Å²) in [5.74, 6) is 1.16. The zero-order valence-electron chi connectivity index (χ0n) is 11.5. The van der Waals surface area contributed by atoms with Crippen LogP contribution in [0.3, 0.4) is 0 Å². The first-order chi connectivity index (χ1) is 10.2. The van der Waals surface area contributed by atoms with Gasteiger partial charge in [-0.3, -0.25) is 0 Å². The molecule has 0 saturated heterocycles. The Bertz CT molecular complexity index is 720. The van der Waals surface area contributed by atoms with Gasteiger partial charge in [0, 0.05) is 15.7 Å². The zero-order chi connectivity index (χ0) is 14.7. The second-order valence-corrected chi connectivity index (χ2v) is 5.65. The number of benzene rings is 2. The third-order valence-electron chi connectivity index (χ3n) is 3.07. The summed E-state index contributed by atoms with van der Waals surface area (Å²) in [6.45, 7) is 2.57. The molecular weight excluding hydrogens is 330 g/mol. The van der Waals surface area contributed by atoms with Crippen molar-refractivity contribution in [3.63, 3.8) is 0 Å². The average Bonchev–Trinajstić information content (AvgIpc) is 2.96. The van der Waals surface area contributed by atoms with Crippen molar-refractivity contribution in [2.75, 3.05) is 5.32 Å². The second-order valence-electron chi connectivity index (χ2n) is 4.74. The molecule has 2 aromatic carbocycles. The molecule has 0 unspecified atom stereocenters. The van der Waals surface area contributed by atoms with Gasteiger partial charge in [-0.2, -0.15) is 4.98 Å². The van der Waals surface area contributed by atoms with Crippen molar-refractivity contribution in [1.29, 1.82) is 0 Å². The molecule has 3 rings (SSSR count). The number of hydrogen-bond donors (Lipinski definition) is 1. The van der Waals surface area contributed by atoms with E-state index in [2.05, 4.69) is 50.4 Å². The Morgan fingerprint density at radius 1 is 1.05 bits per heavy atom. The molecule has 21 heavy (non-hydrogen) atoms. The van der Waals surface area contributed by atoms with Gasteiger partial charge in [0.05, 0.1) is 6.54 Å². The van der Waals surface area contributed by atoms with E-state index < -0.39 is 0 Å². The van der Waals surface area contributed by atoms with E-state index in [4.69, 9.17) is 4.52 Å². The van der Waals surface area contributed by atoms with Gasteiger partial charge in [0.15, 0.2) is 0 Å². The Hall–Kier alpha value is -2.14. The second kappa shape index (κ2) is 6.10. The summed E-state index contributed by atoms with van der Waals surface area (Å²) >= 11 is 3.40. The fourth-order valence-corrected chi connectivity index (χ4v) is 2.16. The van der Waals surface area contributed by atoms with Gasteiger partial charge in [0.1, 0.15) is 0 Å². The fraction of sp³-hybridized carbons (Fsp3) is 0.125. The van der Waals surface area contributed by atoms with Crippen LogP contribution in [0, 0.1) is 6.92 Å². The Morgan fingerprint density at radius 2 is 1.76 bits per heavy atom. The monoisotopic (exact) mass is 343 g/mol. The van der Waals surface area contributed by atoms with Gasteiger partial charge in [-0.05, 0) is 43.3 Å². The number of aromatic nitrogens is 2. The topological polar surface area (TPSA) is 51.0 Å². The number of nitrogens with zero attached hydrogens (tertiary/aromatic N) is 2. The SMILES string of the molecule is Cc1ccc(NCc2nc(-c3ccc(Br)cc3)no2)cc1. The van der Waals surface area contributed by atoms with Crippen LogP contribution in [-0.4, -0.2) is 10.1 Å². The smallest absolute Gasteiger partial charge is 0.246 e. The summed E-state index contributed by atoms with van der Waals surface area (Å²) in [7, 11) is 0. The van der Waals surface area contributed by atoms with E-state index in [0.717, 1.165) is 15.7 Å². The Labute approximate surface area is 131 Å². The average molecular weight is 344 g/mol. The van der Waals surface area contributed by atoms with Crippen molar-refractivity contribution in [2.24, 2.45) is 0 Å². The lowest BCUT2D eigenvalue weighted by molar-refractivity contribution is 0.384. The first-order valence-electron chi connectivity index (χ1n) is 6.60. The van der Waals surface area contributed by atoms with Crippen LogP contribution in [0.1, 0.15) is 11.5 Å². The van der Waals surface area contributed by atoms with E-state index in [-0.39, 0.29) is 0 Å². The number of anilines is 1. The first-order valence-corrected chi connectivity index (χ1v) is 7.39. The standard InChI is InChI=1S/C16H14BrN3O/c1-11-2-8-14(9-3-11)18-10-15-19-16(20-21-15)12-4-6-13(17)7-5-12/h2-9,18H,10H2,1H3. The molecule has 0 fully saturated rings. The molecule has 5 heteroatoms. The van der Waals surface area contributed by atoms with Crippen molar-refractivity contribution < 1.29 is 4.52 Å². The van der Waals surface area contributed by atoms with Crippen LogP contribution in [0.15, 0.2) is 57.5 Å². The lowest BCUT2D eigenvalue weighted by atomic mass is 10.2. The van der Waals surface area contributed by atoms with Crippen molar-refractivity contribution in [1.82, 2.24) is 10.1 Å². The third-order valence-corrected chi connectivity index (χ3v) is 3.59. The summed E-state index contributed by atoms with van der Waals surface area (Å²) in [6, 6.07) is 16.0. The molecule has 0 aliphatic rings. The molecule has 0 amide bonds. The Kier molecular flexibility index (Phi) is 4.01. The van der Waals surface area contributed by atoms with Gasteiger partial charge < -0.3 is 9.84 Å². The molecule has 106 valence electrons. The van der Waals surface area contributed by atoms with Crippen molar-refractivity contribution >= 4 is 21.6 Å². The maximum Gasteiger partial charge on any atom is 0.246 e. The highest BCUT2D eigenvalue weighted by Crippen LogP contribution is 2.19. The van der Waals surface area contributed by atoms with Crippen molar-refractivity contribution in [2.45, 2.75) is 13.5 Å². The van der Waals surface area contributed by atoms with Crippen LogP contribution < -0.4 is 5.32 Å². The highest BCUT2D eigenvalue weighted by molar-refractivity contribution is 9.10.